The largest absolute Gasteiger partial charge is 0.384 e. The van der Waals surface area contributed by atoms with E-state index in [1.165, 1.54) is 16.5 Å². The van der Waals surface area contributed by atoms with Gasteiger partial charge < -0.3 is 15.5 Å². The van der Waals surface area contributed by atoms with Crippen molar-refractivity contribution in [2.75, 3.05) is 25.5 Å². The summed E-state index contributed by atoms with van der Waals surface area (Å²) < 4.78 is 5.72. The van der Waals surface area contributed by atoms with Crippen molar-refractivity contribution in [3.63, 3.8) is 0 Å². The molecule has 4 rings (SSSR count). The van der Waals surface area contributed by atoms with Gasteiger partial charge in [-0.05, 0) is 24.1 Å². The number of hydrogen-bond donors (Lipinski definition) is 2. The zero-order chi connectivity index (χ0) is 16.4. The van der Waals surface area contributed by atoms with Crippen LogP contribution in [0.1, 0.15) is 11.4 Å². The standard InChI is InChI=1S/C18H21N5O/c19-17-5-6-20-18(22-17)11-23-7-8-24-12-14(23)9-13-10-21-16-4-2-1-3-15(13)16/h1-6,10,14,21H,7-9,11-12H2,(H2,19,20,22). The van der Waals surface area contributed by atoms with Crippen LogP contribution in [0.5, 0.6) is 0 Å². The normalized spacial score (nSPS) is 18.9. The van der Waals surface area contributed by atoms with Crippen molar-refractivity contribution in [1.82, 2.24) is 19.9 Å². The predicted octanol–water partition coefficient (Wildman–Crippen LogP) is 1.98. The van der Waals surface area contributed by atoms with Gasteiger partial charge in [-0.2, -0.15) is 0 Å². The van der Waals surface area contributed by atoms with Crippen LogP contribution >= 0.6 is 0 Å². The van der Waals surface area contributed by atoms with Crippen LogP contribution in [0.4, 0.5) is 5.82 Å². The Kier molecular flexibility index (Phi) is 4.15. The van der Waals surface area contributed by atoms with Gasteiger partial charge in [0, 0.05) is 35.9 Å². The van der Waals surface area contributed by atoms with Crippen molar-refractivity contribution < 1.29 is 4.74 Å². The second-order valence-corrected chi connectivity index (χ2v) is 6.16. The van der Waals surface area contributed by atoms with Crippen LogP contribution in [0, 0.1) is 0 Å². The van der Waals surface area contributed by atoms with Gasteiger partial charge in [-0.25, -0.2) is 9.97 Å². The predicted molar refractivity (Wildman–Crippen MR) is 93.5 cm³/mol. The molecule has 1 fully saturated rings. The van der Waals surface area contributed by atoms with Crippen molar-refractivity contribution in [2.45, 2.75) is 19.0 Å². The number of ether oxygens (including phenoxy) is 1. The maximum atomic E-state index is 5.77. The molecule has 0 amide bonds. The van der Waals surface area contributed by atoms with Gasteiger partial charge in [0.05, 0.1) is 19.8 Å². The van der Waals surface area contributed by atoms with E-state index in [4.69, 9.17) is 10.5 Å². The summed E-state index contributed by atoms with van der Waals surface area (Å²) in [6, 6.07) is 10.4. The van der Waals surface area contributed by atoms with Gasteiger partial charge in [0.1, 0.15) is 11.6 Å². The molecule has 2 aromatic heterocycles. The number of para-hydroxylation sites is 1. The highest BCUT2D eigenvalue weighted by atomic mass is 16.5. The van der Waals surface area contributed by atoms with Crippen LogP contribution in [-0.4, -0.2) is 45.7 Å². The average Bonchev–Trinajstić information content (AvgIpc) is 3.00. The third-order valence-corrected chi connectivity index (χ3v) is 4.55. The van der Waals surface area contributed by atoms with Crippen molar-refractivity contribution in [3.05, 3.63) is 54.1 Å². The minimum atomic E-state index is 0.308. The van der Waals surface area contributed by atoms with Crippen molar-refractivity contribution in [2.24, 2.45) is 0 Å². The van der Waals surface area contributed by atoms with Crippen LogP contribution < -0.4 is 5.73 Å². The fourth-order valence-electron chi connectivity index (χ4n) is 3.31. The number of aromatic amines is 1. The lowest BCUT2D eigenvalue weighted by molar-refractivity contribution is -0.0122. The minimum absolute atomic E-state index is 0.308. The first-order chi connectivity index (χ1) is 11.8. The Hall–Kier alpha value is -2.44. The molecule has 124 valence electrons. The van der Waals surface area contributed by atoms with E-state index in [2.05, 4.69) is 50.3 Å². The van der Waals surface area contributed by atoms with Crippen molar-refractivity contribution in [1.29, 1.82) is 0 Å². The van der Waals surface area contributed by atoms with E-state index in [1.807, 2.05) is 0 Å². The molecule has 1 aromatic carbocycles. The molecule has 3 aromatic rings. The van der Waals surface area contributed by atoms with Crippen LogP contribution in [0.2, 0.25) is 0 Å². The molecule has 1 aliphatic heterocycles. The summed E-state index contributed by atoms with van der Waals surface area (Å²) in [5.74, 6) is 1.28. The number of aromatic nitrogens is 3. The van der Waals surface area contributed by atoms with Gasteiger partial charge >= 0.3 is 0 Å². The first-order valence-electron chi connectivity index (χ1n) is 8.24. The van der Waals surface area contributed by atoms with Crippen molar-refractivity contribution in [3.8, 4) is 0 Å². The molecule has 0 aliphatic carbocycles. The zero-order valence-electron chi connectivity index (χ0n) is 13.5. The second kappa shape index (κ2) is 6.59. The molecule has 1 unspecified atom stereocenters. The summed E-state index contributed by atoms with van der Waals surface area (Å²) in [5.41, 5.74) is 8.27. The van der Waals surface area contributed by atoms with E-state index < -0.39 is 0 Å². The molecule has 0 bridgehead atoms. The number of nitrogens with zero attached hydrogens (tertiary/aromatic N) is 3. The van der Waals surface area contributed by atoms with Gasteiger partial charge in [-0.1, -0.05) is 18.2 Å². The maximum Gasteiger partial charge on any atom is 0.144 e. The molecule has 0 radical (unpaired) electrons. The quantitative estimate of drug-likeness (QED) is 0.767. The molecule has 1 saturated heterocycles. The van der Waals surface area contributed by atoms with E-state index in [9.17, 15) is 0 Å². The monoisotopic (exact) mass is 323 g/mol. The molecule has 1 atom stereocenters. The third kappa shape index (κ3) is 3.11. The van der Waals surface area contributed by atoms with Gasteiger partial charge in [0.2, 0.25) is 0 Å². The summed E-state index contributed by atoms with van der Waals surface area (Å²) >= 11 is 0. The molecule has 6 heteroatoms. The summed E-state index contributed by atoms with van der Waals surface area (Å²) in [7, 11) is 0. The fourth-order valence-corrected chi connectivity index (χ4v) is 3.31. The molecule has 1 aliphatic rings. The Morgan fingerprint density at radius 3 is 3.12 bits per heavy atom. The first-order valence-corrected chi connectivity index (χ1v) is 8.24. The SMILES string of the molecule is Nc1ccnc(CN2CCOCC2Cc2c[nH]c3ccccc23)n1. The number of fused-ring (bicyclic) bond motifs is 1. The minimum Gasteiger partial charge on any atom is -0.384 e. The number of rotatable bonds is 4. The van der Waals surface area contributed by atoms with E-state index in [0.717, 1.165) is 32.0 Å². The lowest BCUT2D eigenvalue weighted by Crippen LogP contribution is -2.46. The van der Waals surface area contributed by atoms with Gasteiger partial charge in [-0.3, -0.25) is 4.90 Å². The van der Waals surface area contributed by atoms with Gasteiger partial charge in [0.15, 0.2) is 0 Å². The highest BCUT2D eigenvalue weighted by Gasteiger charge is 2.25. The van der Waals surface area contributed by atoms with Crippen molar-refractivity contribution >= 4 is 16.7 Å². The number of H-pyrrole nitrogens is 1. The van der Waals surface area contributed by atoms with E-state index in [1.54, 1.807) is 12.3 Å². The first kappa shape index (κ1) is 15.1. The smallest absolute Gasteiger partial charge is 0.144 e. The van der Waals surface area contributed by atoms with Crippen LogP contribution in [0.25, 0.3) is 10.9 Å². The number of morpholine rings is 1. The zero-order valence-corrected chi connectivity index (χ0v) is 13.5. The molecule has 6 nitrogen and oxygen atoms in total. The Bertz CT molecular complexity index is 831. The van der Waals surface area contributed by atoms with E-state index in [0.29, 0.717) is 18.4 Å². The molecule has 0 spiro atoms. The summed E-state index contributed by atoms with van der Waals surface area (Å²) in [4.78, 5) is 14.4. The molecule has 3 heterocycles. The van der Waals surface area contributed by atoms with Gasteiger partial charge in [-0.15, -0.1) is 0 Å². The molecule has 0 saturated carbocycles. The topological polar surface area (TPSA) is 80.1 Å². The Labute approximate surface area is 140 Å². The average molecular weight is 323 g/mol. The Balaban J connectivity index is 1.53. The second-order valence-electron chi connectivity index (χ2n) is 6.16. The maximum absolute atomic E-state index is 5.77. The van der Waals surface area contributed by atoms with Crippen LogP contribution in [-0.2, 0) is 17.7 Å². The summed E-state index contributed by atoms with van der Waals surface area (Å²) in [6.45, 7) is 3.04. The lowest BCUT2D eigenvalue weighted by Gasteiger charge is -2.35. The third-order valence-electron chi connectivity index (χ3n) is 4.55. The number of nitrogens with two attached hydrogens (primary N) is 1. The van der Waals surface area contributed by atoms with Crippen LogP contribution in [0.15, 0.2) is 42.7 Å². The lowest BCUT2D eigenvalue weighted by atomic mass is 10.0. The van der Waals surface area contributed by atoms with E-state index in [-0.39, 0.29) is 0 Å². The van der Waals surface area contributed by atoms with E-state index >= 15 is 0 Å². The van der Waals surface area contributed by atoms with Crippen LogP contribution in [0.3, 0.4) is 0 Å². The Morgan fingerprint density at radius 1 is 1.29 bits per heavy atom. The summed E-state index contributed by atoms with van der Waals surface area (Å²) in [6.07, 6.45) is 4.76. The fraction of sp³-hybridized carbons (Fsp3) is 0.333. The number of benzene rings is 1. The number of anilines is 1. The number of hydrogen-bond acceptors (Lipinski definition) is 5. The highest BCUT2D eigenvalue weighted by Crippen LogP contribution is 2.22. The molecule has 24 heavy (non-hydrogen) atoms. The highest BCUT2D eigenvalue weighted by molar-refractivity contribution is 5.83. The summed E-state index contributed by atoms with van der Waals surface area (Å²) in [5, 5.41) is 1.28. The molecular weight excluding hydrogens is 302 g/mol. The molecular formula is C18H21N5O. The van der Waals surface area contributed by atoms with Gasteiger partial charge in [0.25, 0.3) is 0 Å². The number of nitrogens with one attached hydrogen (secondary N) is 1. The molecule has 3 N–H and O–H groups in total. The Morgan fingerprint density at radius 2 is 2.21 bits per heavy atom. The number of nitrogen functional groups attached to an aromatic ring is 1.